The monoisotopic (exact) mass is 334 g/mol. The van der Waals surface area contributed by atoms with Gasteiger partial charge < -0.3 is 15.5 Å². The first-order valence-corrected chi connectivity index (χ1v) is 9.78. The Morgan fingerprint density at radius 3 is 2.58 bits per heavy atom. The lowest BCUT2D eigenvalue weighted by Gasteiger charge is -2.41. The summed E-state index contributed by atoms with van der Waals surface area (Å²) >= 11 is 0. The number of nitrogens with one attached hydrogen (secondary N) is 2. The van der Waals surface area contributed by atoms with E-state index in [1.54, 1.807) is 0 Å². The Morgan fingerprint density at radius 2 is 1.88 bits per heavy atom. The van der Waals surface area contributed by atoms with Gasteiger partial charge in [-0.25, -0.2) is 4.79 Å². The van der Waals surface area contributed by atoms with Crippen LogP contribution in [0, 0.1) is 11.8 Å². The number of rotatable bonds is 2. The molecule has 24 heavy (non-hydrogen) atoms. The van der Waals surface area contributed by atoms with Crippen molar-refractivity contribution in [1.82, 2.24) is 20.4 Å². The Balaban J connectivity index is 1.26. The number of piperazine rings is 1. The average Bonchev–Trinajstić information content (AvgIpc) is 3.18. The van der Waals surface area contributed by atoms with Gasteiger partial charge in [0.2, 0.25) is 5.91 Å². The van der Waals surface area contributed by atoms with Crippen LogP contribution in [0.25, 0.3) is 0 Å². The van der Waals surface area contributed by atoms with Gasteiger partial charge >= 0.3 is 6.03 Å². The second-order valence-electron chi connectivity index (χ2n) is 8.05. The van der Waals surface area contributed by atoms with Crippen LogP contribution in [0.3, 0.4) is 0 Å². The molecule has 0 aromatic carbocycles. The van der Waals surface area contributed by atoms with Crippen molar-refractivity contribution >= 4 is 11.9 Å². The van der Waals surface area contributed by atoms with Crippen molar-refractivity contribution < 1.29 is 9.59 Å². The molecule has 3 amide bonds. The molecule has 2 bridgehead atoms. The van der Waals surface area contributed by atoms with E-state index in [4.69, 9.17) is 0 Å². The molecule has 4 atom stereocenters. The van der Waals surface area contributed by atoms with Crippen molar-refractivity contribution in [1.29, 1.82) is 0 Å². The number of carbonyl (C=O) groups excluding carboxylic acids is 2. The third-order valence-electron chi connectivity index (χ3n) is 6.60. The van der Waals surface area contributed by atoms with Crippen molar-refractivity contribution in [2.75, 3.05) is 32.7 Å². The first-order valence-electron chi connectivity index (χ1n) is 9.78. The summed E-state index contributed by atoms with van der Waals surface area (Å²) in [4.78, 5) is 29.0. The maximum atomic E-state index is 12.5. The van der Waals surface area contributed by atoms with Crippen LogP contribution in [0.1, 0.15) is 44.9 Å². The van der Waals surface area contributed by atoms with Crippen LogP contribution in [0.5, 0.6) is 0 Å². The van der Waals surface area contributed by atoms with Gasteiger partial charge in [0.15, 0.2) is 0 Å². The minimum absolute atomic E-state index is 0.0264. The van der Waals surface area contributed by atoms with Gasteiger partial charge in [0, 0.05) is 38.8 Å². The molecule has 4 aliphatic rings. The Morgan fingerprint density at radius 1 is 1.04 bits per heavy atom. The number of amides is 3. The van der Waals surface area contributed by atoms with Gasteiger partial charge in [0.25, 0.3) is 0 Å². The van der Waals surface area contributed by atoms with E-state index in [2.05, 4.69) is 15.5 Å². The molecule has 0 aromatic heterocycles. The second-order valence-corrected chi connectivity index (χ2v) is 8.05. The fraction of sp³-hybridized carbons (Fsp3) is 0.889. The SMILES string of the molecule is O=C1NCCCCC1NC(=O)N1CCN(C2CC3CCC2C3)CC1. The van der Waals surface area contributed by atoms with Crippen LogP contribution >= 0.6 is 0 Å². The van der Waals surface area contributed by atoms with Gasteiger partial charge in [-0.1, -0.05) is 6.42 Å². The highest BCUT2D eigenvalue weighted by Gasteiger charge is 2.43. The number of hydrogen-bond acceptors (Lipinski definition) is 3. The first-order chi connectivity index (χ1) is 11.7. The lowest BCUT2D eigenvalue weighted by molar-refractivity contribution is -0.122. The Hall–Kier alpha value is -1.30. The van der Waals surface area contributed by atoms with Crippen molar-refractivity contribution in [2.24, 2.45) is 11.8 Å². The van der Waals surface area contributed by atoms with Crippen LogP contribution in [0.4, 0.5) is 4.79 Å². The van der Waals surface area contributed by atoms with E-state index in [0.717, 1.165) is 69.9 Å². The van der Waals surface area contributed by atoms with Gasteiger partial charge in [0.1, 0.15) is 6.04 Å². The van der Waals surface area contributed by atoms with Crippen molar-refractivity contribution in [3.8, 4) is 0 Å². The number of carbonyl (C=O) groups is 2. The van der Waals surface area contributed by atoms with Crippen molar-refractivity contribution in [2.45, 2.75) is 57.0 Å². The molecule has 134 valence electrons. The molecule has 2 saturated carbocycles. The predicted molar refractivity (Wildman–Crippen MR) is 91.6 cm³/mol. The van der Waals surface area contributed by atoms with E-state index in [1.165, 1.54) is 25.7 Å². The fourth-order valence-electron chi connectivity index (χ4n) is 5.23. The number of nitrogens with zero attached hydrogens (tertiary/aromatic N) is 2. The smallest absolute Gasteiger partial charge is 0.318 e. The van der Waals surface area contributed by atoms with Crippen LogP contribution in [-0.4, -0.2) is 66.5 Å². The van der Waals surface area contributed by atoms with E-state index >= 15 is 0 Å². The zero-order valence-electron chi connectivity index (χ0n) is 14.5. The highest BCUT2D eigenvalue weighted by molar-refractivity contribution is 5.87. The van der Waals surface area contributed by atoms with Gasteiger partial charge in [-0.2, -0.15) is 0 Å². The summed E-state index contributed by atoms with van der Waals surface area (Å²) in [5.74, 6) is 1.85. The molecule has 4 fully saturated rings. The molecular formula is C18H30N4O2. The van der Waals surface area contributed by atoms with E-state index < -0.39 is 0 Å². The summed E-state index contributed by atoms with van der Waals surface area (Å²) in [6.45, 7) is 4.27. The minimum Gasteiger partial charge on any atom is -0.354 e. The van der Waals surface area contributed by atoms with Gasteiger partial charge in [-0.05, 0) is 50.4 Å². The van der Waals surface area contributed by atoms with Crippen LogP contribution in [-0.2, 0) is 4.79 Å². The van der Waals surface area contributed by atoms with Crippen LogP contribution < -0.4 is 10.6 Å². The molecule has 0 aromatic rings. The molecule has 0 radical (unpaired) electrons. The third-order valence-corrected chi connectivity index (χ3v) is 6.60. The first kappa shape index (κ1) is 16.2. The normalized spacial score (nSPS) is 37.2. The maximum Gasteiger partial charge on any atom is 0.318 e. The highest BCUT2D eigenvalue weighted by atomic mass is 16.2. The molecule has 2 saturated heterocycles. The summed E-state index contributed by atoms with van der Waals surface area (Å²) in [5, 5.41) is 5.83. The zero-order chi connectivity index (χ0) is 16.5. The fourth-order valence-corrected chi connectivity index (χ4v) is 5.23. The maximum absolute atomic E-state index is 12.5. The standard InChI is InChI=1S/C18H30N4O2/c23-17-15(3-1-2-6-19-17)20-18(24)22-9-7-21(8-10-22)16-12-13-4-5-14(16)11-13/h13-16H,1-12H2,(H,19,23)(H,20,24). The summed E-state index contributed by atoms with van der Waals surface area (Å²) < 4.78 is 0. The average molecular weight is 334 g/mol. The molecule has 2 N–H and O–H groups in total. The van der Waals surface area contributed by atoms with E-state index in [1.807, 2.05) is 4.90 Å². The van der Waals surface area contributed by atoms with Gasteiger partial charge in [0.05, 0.1) is 0 Å². The van der Waals surface area contributed by atoms with E-state index in [0.29, 0.717) is 0 Å². The molecule has 2 aliphatic heterocycles. The quantitative estimate of drug-likeness (QED) is 0.797. The topological polar surface area (TPSA) is 64.7 Å². The minimum atomic E-state index is -0.358. The molecule has 6 heteroatoms. The number of fused-ring (bicyclic) bond motifs is 2. The third kappa shape index (κ3) is 3.25. The summed E-state index contributed by atoms with van der Waals surface area (Å²) in [5.41, 5.74) is 0. The Labute approximate surface area is 144 Å². The van der Waals surface area contributed by atoms with Crippen molar-refractivity contribution in [3.63, 3.8) is 0 Å². The Bertz CT molecular complexity index is 489. The van der Waals surface area contributed by atoms with Crippen LogP contribution in [0.15, 0.2) is 0 Å². The van der Waals surface area contributed by atoms with E-state index in [9.17, 15) is 9.59 Å². The summed E-state index contributed by atoms with van der Waals surface area (Å²) in [7, 11) is 0. The molecule has 4 unspecified atom stereocenters. The molecule has 4 rings (SSSR count). The number of urea groups is 1. The molecular weight excluding hydrogens is 304 g/mol. The van der Waals surface area contributed by atoms with Gasteiger partial charge in [-0.15, -0.1) is 0 Å². The lowest BCUT2D eigenvalue weighted by Crippen LogP contribution is -2.57. The zero-order valence-corrected chi connectivity index (χ0v) is 14.5. The van der Waals surface area contributed by atoms with Crippen LogP contribution in [0.2, 0.25) is 0 Å². The molecule has 6 nitrogen and oxygen atoms in total. The molecule has 0 spiro atoms. The van der Waals surface area contributed by atoms with Gasteiger partial charge in [-0.3, -0.25) is 9.69 Å². The van der Waals surface area contributed by atoms with E-state index in [-0.39, 0.29) is 18.0 Å². The summed E-state index contributed by atoms with van der Waals surface area (Å²) in [6, 6.07) is 0.342. The molecule has 2 heterocycles. The Kier molecular flexibility index (Phi) is 4.66. The predicted octanol–water partition coefficient (Wildman–Crippen LogP) is 1.17. The highest BCUT2D eigenvalue weighted by Crippen LogP contribution is 2.46. The second kappa shape index (κ2) is 6.90. The lowest BCUT2D eigenvalue weighted by atomic mass is 9.93. The largest absolute Gasteiger partial charge is 0.354 e. The summed E-state index contributed by atoms with van der Waals surface area (Å²) in [6.07, 6.45) is 8.39. The van der Waals surface area contributed by atoms with Crippen molar-refractivity contribution in [3.05, 3.63) is 0 Å². The molecule has 2 aliphatic carbocycles. The number of hydrogen-bond donors (Lipinski definition) is 2.